The van der Waals surface area contributed by atoms with Crippen LogP contribution in [0.5, 0.6) is 5.75 Å². The summed E-state index contributed by atoms with van der Waals surface area (Å²) in [5.74, 6) is 0.921. The quantitative estimate of drug-likeness (QED) is 0.445. The van der Waals surface area contributed by atoms with E-state index in [1.807, 2.05) is 53.2 Å². The van der Waals surface area contributed by atoms with Crippen LogP contribution in [0.2, 0.25) is 10.0 Å². The number of aromatic nitrogens is 2. The van der Waals surface area contributed by atoms with E-state index in [0.717, 1.165) is 61.2 Å². The smallest absolute Gasteiger partial charge is 0.223 e. The summed E-state index contributed by atoms with van der Waals surface area (Å²) in [5.41, 5.74) is 3.25. The molecular weight excluding hydrogens is 457 g/mol. The second-order valence-corrected chi connectivity index (χ2v) is 9.66. The monoisotopic (exact) mass is 483 g/mol. The predicted molar refractivity (Wildman–Crippen MR) is 131 cm³/mol. The molecular formula is C26H27Cl2N3O2. The average molecular weight is 484 g/mol. The molecule has 1 N–H and O–H groups in total. The number of carbonyl (C=O) groups excluding carboxylic acids is 1. The van der Waals surface area contributed by atoms with Crippen molar-refractivity contribution in [3.8, 4) is 22.7 Å². The predicted octanol–water partition coefficient (Wildman–Crippen LogP) is 6.76. The molecule has 2 heterocycles. The molecule has 1 aliphatic carbocycles. The summed E-state index contributed by atoms with van der Waals surface area (Å²) in [4.78, 5) is 13.1. The Balaban J connectivity index is 1.59. The SMILES string of the molecule is O=C(NC1CCCOc2c1nn(-c1ccccc1Cl)c2-c1ccc(Cl)cc1)C1CCCCC1. The number of nitrogens with zero attached hydrogens (tertiary/aromatic N) is 2. The minimum atomic E-state index is -0.202. The van der Waals surface area contributed by atoms with E-state index in [0.29, 0.717) is 22.4 Å². The standard InChI is InChI=1S/C26H27Cl2N3O2/c27-19-14-12-17(13-15-19)24-25-23(30-31(24)22-11-5-4-9-20(22)28)21(10-6-16-33-25)29-26(32)18-7-2-1-3-8-18/h4-5,9,11-15,18,21H,1-3,6-8,10,16H2,(H,29,32). The fourth-order valence-electron chi connectivity index (χ4n) is 4.84. The van der Waals surface area contributed by atoms with Crippen molar-refractivity contribution in [2.24, 2.45) is 5.92 Å². The lowest BCUT2D eigenvalue weighted by Gasteiger charge is -2.23. The Morgan fingerprint density at radius 3 is 2.48 bits per heavy atom. The molecule has 1 amide bonds. The van der Waals surface area contributed by atoms with Gasteiger partial charge in [0, 0.05) is 16.5 Å². The molecule has 1 aromatic heterocycles. The summed E-state index contributed by atoms with van der Waals surface area (Å²) in [6.07, 6.45) is 7.02. The van der Waals surface area contributed by atoms with Gasteiger partial charge >= 0.3 is 0 Å². The Kier molecular flexibility index (Phi) is 6.61. The number of amides is 1. The fourth-order valence-corrected chi connectivity index (χ4v) is 5.18. The molecule has 0 spiro atoms. The third kappa shape index (κ3) is 4.62. The number of fused-ring (bicyclic) bond motifs is 1. The fraction of sp³-hybridized carbons (Fsp3) is 0.385. The summed E-state index contributed by atoms with van der Waals surface area (Å²) >= 11 is 12.7. The number of benzene rings is 2. The Bertz CT molecular complexity index is 1140. The van der Waals surface area contributed by atoms with Gasteiger partial charge in [-0.1, -0.05) is 66.7 Å². The van der Waals surface area contributed by atoms with E-state index in [1.165, 1.54) is 6.42 Å². The van der Waals surface area contributed by atoms with E-state index in [9.17, 15) is 4.79 Å². The highest BCUT2D eigenvalue weighted by molar-refractivity contribution is 6.32. The molecule has 33 heavy (non-hydrogen) atoms. The molecule has 1 atom stereocenters. The number of para-hydroxylation sites is 1. The lowest BCUT2D eigenvalue weighted by atomic mass is 9.88. The maximum atomic E-state index is 13.1. The number of ether oxygens (including phenoxy) is 1. The lowest BCUT2D eigenvalue weighted by Crippen LogP contribution is -2.35. The minimum Gasteiger partial charge on any atom is -0.489 e. The van der Waals surface area contributed by atoms with Crippen LogP contribution in [0.4, 0.5) is 0 Å². The number of carbonyl (C=O) groups is 1. The molecule has 1 saturated carbocycles. The molecule has 1 aliphatic heterocycles. The molecule has 5 rings (SSSR count). The van der Waals surface area contributed by atoms with Gasteiger partial charge in [-0.15, -0.1) is 0 Å². The highest BCUT2D eigenvalue weighted by atomic mass is 35.5. The second-order valence-electron chi connectivity index (χ2n) is 8.82. The molecule has 2 aliphatic rings. The number of nitrogens with one attached hydrogen (secondary N) is 1. The molecule has 2 aromatic carbocycles. The van der Waals surface area contributed by atoms with Crippen LogP contribution in [-0.2, 0) is 4.79 Å². The zero-order valence-corrected chi connectivity index (χ0v) is 19.9. The largest absolute Gasteiger partial charge is 0.489 e. The van der Waals surface area contributed by atoms with Crippen molar-refractivity contribution in [1.82, 2.24) is 15.1 Å². The number of halogens is 2. The van der Waals surface area contributed by atoms with Crippen molar-refractivity contribution < 1.29 is 9.53 Å². The normalized spacial score (nSPS) is 18.8. The van der Waals surface area contributed by atoms with Crippen LogP contribution < -0.4 is 10.1 Å². The van der Waals surface area contributed by atoms with Crippen molar-refractivity contribution in [3.63, 3.8) is 0 Å². The Morgan fingerprint density at radius 2 is 1.73 bits per heavy atom. The van der Waals surface area contributed by atoms with Gasteiger partial charge in [-0.3, -0.25) is 4.79 Å². The molecule has 0 saturated heterocycles. The van der Waals surface area contributed by atoms with Crippen molar-refractivity contribution in [1.29, 1.82) is 0 Å². The van der Waals surface area contributed by atoms with Crippen molar-refractivity contribution in [2.45, 2.75) is 51.0 Å². The molecule has 0 bridgehead atoms. The number of rotatable bonds is 4. The summed E-state index contributed by atoms with van der Waals surface area (Å²) in [6.45, 7) is 0.567. The van der Waals surface area contributed by atoms with Gasteiger partial charge in [-0.05, 0) is 49.9 Å². The average Bonchev–Trinajstić information content (AvgIpc) is 3.10. The molecule has 3 aromatic rings. The first-order valence-electron chi connectivity index (χ1n) is 11.7. The number of hydrogen-bond acceptors (Lipinski definition) is 3. The Morgan fingerprint density at radius 1 is 0.970 bits per heavy atom. The minimum absolute atomic E-state index is 0.0905. The van der Waals surface area contributed by atoms with Crippen molar-refractivity contribution in [3.05, 3.63) is 64.3 Å². The zero-order chi connectivity index (χ0) is 22.8. The first-order chi connectivity index (χ1) is 16.1. The van der Waals surface area contributed by atoms with Gasteiger partial charge in [0.05, 0.1) is 23.4 Å². The molecule has 0 radical (unpaired) electrons. The van der Waals surface area contributed by atoms with Gasteiger partial charge in [0.15, 0.2) is 5.75 Å². The highest BCUT2D eigenvalue weighted by Crippen LogP contribution is 2.42. The molecule has 1 unspecified atom stereocenters. The van der Waals surface area contributed by atoms with Crippen LogP contribution in [0.1, 0.15) is 56.7 Å². The Labute approximate surface area is 204 Å². The van der Waals surface area contributed by atoms with E-state index < -0.39 is 0 Å². The third-order valence-electron chi connectivity index (χ3n) is 6.57. The van der Waals surface area contributed by atoms with Gasteiger partial charge in [0.1, 0.15) is 11.4 Å². The molecule has 1 fully saturated rings. The first-order valence-corrected chi connectivity index (χ1v) is 12.4. The maximum Gasteiger partial charge on any atom is 0.223 e. The molecule has 7 heteroatoms. The summed E-state index contributed by atoms with van der Waals surface area (Å²) in [6, 6.07) is 15.0. The van der Waals surface area contributed by atoms with Gasteiger partial charge < -0.3 is 10.1 Å². The van der Waals surface area contributed by atoms with E-state index in [4.69, 9.17) is 33.0 Å². The van der Waals surface area contributed by atoms with E-state index in [2.05, 4.69) is 5.32 Å². The summed E-state index contributed by atoms with van der Waals surface area (Å²) < 4.78 is 8.09. The summed E-state index contributed by atoms with van der Waals surface area (Å²) in [5, 5.41) is 9.53. The van der Waals surface area contributed by atoms with Crippen molar-refractivity contribution >= 4 is 29.1 Å². The van der Waals surface area contributed by atoms with Gasteiger partial charge in [-0.2, -0.15) is 5.10 Å². The molecule has 5 nitrogen and oxygen atoms in total. The third-order valence-corrected chi connectivity index (χ3v) is 7.14. The van der Waals surface area contributed by atoms with Crippen LogP contribution in [0.25, 0.3) is 16.9 Å². The van der Waals surface area contributed by atoms with Gasteiger partial charge in [-0.25, -0.2) is 4.68 Å². The topological polar surface area (TPSA) is 56.1 Å². The lowest BCUT2D eigenvalue weighted by molar-refractivity contribution is -0.126. The maximum absolute atomic E-state index is 13.1. The first kappa shape index (κ1) is 22.3. The van der Waals surface area contributed by atoms with Gasteiger partial charge in [0.2, 0.25) is 5.91 Å². The highest BCUT2D eigenvalue weighted by Gasteiger charge is 2.32. The van der Waals surface area contributed by atoms with Crippen LogP contribution in [0.15, 0.2) is 48.5 Å². The summed E-state index contributed by atoms with van der Waals surface area (Å²) in [7, 11) is 0. The van der Waals surface area contributed by atoms with Crippen LogP contribution in [-0.4, -0.2) is 22.3 Å². The van der Waals surface area contributed by atoms with Crippen LogP contribution in [0, 0.1) is 5.92 Å². The number of hydrogen-bond donors (Lipinski definition) is 1. The van der Waals surface area contributed by atoms with Crippen LogP contribution in [0.3, 0.4) is 0 Å². The Hall–Kier alpha value is -2.50. The van der Waals surface area contributed by atoms with E-state index >= 15 is 0 Å². The van der Waals surface area contributed by atoms with Crippen molar-refractivity contribution in [2.75, 3.05) is 6.61 Å². The molecule has 172 valence electrons. The van der Waals surface area contributed by atoms with Gasteiger partial charge in [0.25, 0.3) is 0 Å². The second kappa shape index (κ2) is 9.78. The zero-order valence-electron chi connectivity index (χ0n) is 18.4. The van der Waals surface area contributed by atoms with Crippen LogP contribution >= 0.6 is 23.2 Å². The van der Waals surface area contributed by atoms with E-state index in [1.54, 1.807) is 0 Å². The van der Waals surface area contributed by atoms with E-state index in [-0.39, 0.29) is 17.9 Å².